The average molecular weight is 255 g/mol. The molecular formula is C16H21N3. The zero-order valence-corrected chi connectivity index (χ0v) is 11.6. The van der Waals surface area contributed by atoms with Crippen molar-refractivity contribution in [3.63, 3.8) is 0 Å². The van der Waals surface area contributed by atoms with Crippen LogP contribution in [0.2, 0.25) is 0 Å². The first-order valence-corrected chi connectivity index (χ1v) is 6.68. The van der Waals surface area contributed by atoms with Crippen molar-refractivity contribution < 1.29 is 0 Å². The fraction of sp³-hybridized carbons (Fsp3) is 0.312. The van der Waals surface area contributed by atoms with Crippen LogP contribution in [-0.4, -0.2) is 22.4 Å². The smallest absolute Gasteiger partial charge is 0.0560 e. The van der Waals surface area contributed by atoms with Crippen LogP contribution < -0.4 is 5.32 Å². The lowest BCUT2D eigenvalue weighted by atomic mass is 10.2. The van der Waals surface area contributed by atoms with Gasteiger partial charge in [0.25, 0.3) is 0 Å². The molecule has 0 bridgehead atoms. The van der Waals surface area contributed by atoms with Crippen LogP contribution in [0.5, 0.6) is 0 Å². The van der Waals surface area contributed by atoms with Gasteiger partial charge < -0.3 is 5.32 Å². The topological polar surface area (TPSA) is 29.9 Å². The molecule has 100 valence electrons. The van der Waals surface area contributed by atoms with E-state index in [9.17, 15) is 0 Å². The zero-order valence-electron chi connectivity index (χ0n) is 11.6. The molecule has 0 aliphatic rings. The summed E-state index contributed by atoms with van der Waals surface area (Å²) in [5, 5.41) is 7.75. The second-order valence-corrected chi connectivity index (χ2v) is 4.86. The normalized spacial score (nSPS) is 12.9. The summed E-state index contributed by atoms with van der Waals surface area (Å²) in [4.78, 5) is 0. The molecule has 0 saturated carbocycles. The first-order valence-electron chi connectivity index (χ1n) is 6.68. The van der Waals surface area contributed by atoms with E-state index in [2.05, 4.69) is 66.9 Å². The highest BCUT2D eigenvalue weighted by Crippen LogP contribution is 2.00. The molecule has 0 saturated heterocycles. The maximum atomic E-state index is 4.29. The minimum Gasteiger partial charge on any atom is -0.309 e. The maximum Gasteiger partial charge on any atom is 0.0560 e. The molecule has 1 aromatic heterocycles. The minimum absolute atomic E-state index is 0.403. The highest BCUT2D eigenvalue weighted by molar-refractivity contribution is 5.48. The number of benzene rings is 1. The SMILES string of the molecule is Cc1cnn(C[C@H](C)NC/C=C\c2ccccc2)c1. The van der Waals surface area contributed by atoms with Crippen molar-refractivity contribution in [2.45, 2.75) is 26.4 Å². The number of aromatic nitrogens is 2. The second-order valence-electron chi connectivity index (χ2n) is 4.86. The van der Waals surface area contributed by atoms with Crippen LogP contribution in [0.25, 0.3) is 6.08 Å². The van der Waals surface area contributed by atoms with Gasteiger partial charge >= 0.3 is 0 Å². The summed E-state index contributed by atoms with van der Waals surface area (Å²) in [6.45, 7) is 6.00. The lowest BCUT2D eigenvalue weighted by molar-refractivity contribution is 0.468. The Bertz CT molecular complexity index is 514. The second kappa shape index (κ2) is 6.90. The Labute approximate surface area is 115 Å². The van der Waals surface area contributed by atoms with Gasteiger partial charge in [-0.1, -0.05) is 42.5 Å². The van der Waals surface area contributed by atoms with E-state index in [1.165, 1.54) is 11.1 Å². The minimum atomic E-state index is 0.403. The van der Waals surface area contributed by atoms with Crippen molar-refractivity contribution in [3.05, 3.63) is 59.9 Å². The highest BCUT2D eigenvalue weighted by Gasteiger charge is 2.01. The third-order valence-corrected chi connectivity index (χ3v) is 2.92. The van der Waals surface area contributed by atoms with E-state index in [4.69, 9.17) is 0 Å². The van der Waals surface area contributed by atoms with Gasteiger partial charge in [0.2, 0.25) is 0 Å². The van der Waals surface area contributed by atoms with E-state index >= 15 is 0 Å². The summed E-state index contributed by atoms with van der Waals surface area (Å²) in [5.41, 5.74) is 2.44. The summed E-state index contributed by atoms with van der Waals surface area (Å²) in [6.07, 6.45) is 8.25. The molecule has 1 atom stereocenters. The third-order valence-electron chi connectivity index (χ3n) is 2.92. The van der Waals surface area contributed by atoms with Gasteiger partial charge in [-0.2, -0.15) is 5.10 Å². The standard InChI is InChI=1S/C16H21N3/c1-14-11-18-19(12-14)13-15(2)17-10-6-9-16-7-4-3-5-8-16/h3-9,11-12,15,17H,10,13H2,1-2H3/b9-6-/t15-/m0/s1. The molecule has 1 N–H and O–H groups in total. The Balaban J connectivity index is 1.72. The predicted molar refractivity (Wildman–Crippen MR) is 79.9 cm³/mol. The van der Waals surface area contributed by atoms with Gasteiger partial charge in [-0.25, -0.2) is 0 Å². The fourth-order valence-electron chi connectivity index (χ4n) is 1.94. The average Bonchev–Trinajstić information content (AvgIpc) is 2.81. The van der Waals surface area contributed by atoms with Gasteiger partial charge in [0, 0.05) is 18.8 Å². The summed E-state index contributed by atoms with van der Waals surface area (Å²) >= 11 is 0. The first-order chi connectivity index (χ1) is 9.24. The monoisotopic (exact) mass is 255 g/mol. The molecule has 0 radical (unpaired) electrons. The molecule has 2 aromatic rings. The Morgan fingerprint density at radius 1 is 1.32 bits per heavy atom. The van der Waals surface area contributed by atoms with Crippen LogP contribution in [0.3, 0.4) is 0 Å². The van der Waals surface area contributed by atoms with Gasteiger partial charge in [-0.3, -0.25) is 4.68 Å². The van der Waals surface area contributed by atoms with E-state index in [1.54, 1.807) is 0 Å². The van der Waals surface area contributed by atoms with Crippen LogP contribution in [0.4, 0.5) is 0 Å². The van der Waals surface area contributed by atoms with Gasteiger partial charge in [0.05, 0.1) is 12.7 Å². The first kappa shape index (κ1) is 13.6. The number of rotatable bonds is 6. The van der Waals surface area contributed by atoms with Crippen molar-refractivity contribution in [1.29, 1.82) is 0 Å². The molecule has 3 heteroatoms. The third kappa shape index (κ3) is 4.72. The van der Waals surface area contributed by atoms with Crippen LogP contribution in [-0.2, 0) is 6.54 Å². The van der Waals surface area contributed by atoms with Crippen LogP contribution in [0.1, 0.15) is 18.1 Å². The largest absolute Gasteiger partial charge is 0.309 e. The zero-order chi connectivity index (χ0) is 13.5. The quantitative estimate of drug-likeness (QED) is 0.860. The maximum absolute atomic E-state index is 4.29. The Hall–Kier alpha value is -1.87. The lowest BCUT2D eigenvalue weighted by Gasteiger charge is -2.12. The summed E-state index contributed by atoms with van der Waals surface area (Å²) in [5.74, 6) is 0. The molecule has 0 spiro atoms. The van der Waals surface area contributed by atoms with Gasteiger partial charge in [-0.05, 0) is 25.0 Å². The molecule has 0 unspecified atom stereocenters. The Morgan fingerprint density at radius 3 is 2.79 bits per heavy atom. The van der Waals surface area contributed by atoms with Gasteiger partial charge in [-0.15, -0.1) is 0 Å². The van der Waals surface area contributed by atoms with E-state index in [0.717, 1.165) is 13.1 Å². The van der Waals surface area contributed by atoms with Crippen LogP contribution in [0, 0.1) is 6.92 Å². The summed E-state index contributed by atoms with van der Waals surface area (Å²) in [7, 11) is 0. The van der Waals surface area contributed by atoms with E-state index in [-0.39, 0.29) is 0 Å². The Kier molecular flexibility index (Phi) is 4.93. The molecule has 3 nitrogen and oxygen atoms in total. The summed E-state index contributed by atoms with van der Waals surface area (Å²) in [6, 6.07) is 10.7. The van der Waals surface area contributed by atoms with Crippen LogP contribution in [0.15, 0.2) is 48.8 Å². The van der Waals surface area contributed by atoms with Crippen molar-refractivity contribution in [2.24, 2.45) is 0 Å². The molecular weight excluding hydrogens is 234 g/mol. The van der Waals surface area contributed by atoms with Gasteiger partial charge in [0.15, 0.2) is 0 Å². The summed E-state index contributed by atoms with van der Waals surface area (Å²) < 4.78 is 1.98. The number of nitrogens with one attached hydrogen (secondary N) is 1. The molecule has 0 amide bonds. The van der Waals surface area contributed by atoms with Gasteiger partial charge in [0.1, 0.15) is 0 Å². The van der Waals surface area contributed by atoms with E-state index < -0.39 is 0 Å². The molecule has 1 heterocycles. The van der Waals surface area contributed by atoms with Crippen molar-refractivity contribution >= 4 is 6.08 Å². The number of hydrogen-bond acceptors (Lipinski definition) is 2. The highest BCUT2D eigenvalue weighted by atomic mass is 15.3. The van der Waals surface area contributed by atoms with Crippen LogP contribution >= 0.6 is 0 Å². The molecule has 0 aliphatic heterocycles. The number of nitrogens with zero attached hydrogens (tertiary/aromatic N) is 2. The Morgan fingerprint density at radius 2 is 2.11 bits per heavy atom. The molecule has 19 heavy (non-hydrogen) atoms. The van der Waals surface area contributed by atoms with Crippen molar-refractivity contribution in [3.8, 4) is 0 Å². The fourth-order valence-corrected chi connectivity index (χ4v) is 1.94. The van der Waals surface area contributed by atoms with Crippen molar-refractivity contribution in [1.82, 2.24) is 15.1 Å². The molecule has 0 fully saturated rings. The lowest BCUT2D eigenvalue weighted by Crippen LogP contribution is -2.30. The number of aryl methyl sites for hydroxylation is 1. The van der Waals surface area contributed by atoms with E-state index in [0.29, 0.717) is 6.04 Å². The molecule has 0 aliphatic carbocycles. The van der Waals surface area contributed by atoms with Crippen molar-refractivity contribution in [2.75, 3.05) is 6.54 Å². The molecule has 2 rings (SSSR count). The molecule has 1 aromatic carbocycles. The van der Waals surface area contributed by atoms with E-state index in [1.807, 2.05) is 16.9 Å². The number of hydrogen-bond donors (Lipinski definition) is 1. The predicted octanol–water partition coefficient (Wildman–Crippen LogP) is 2.88.